The van der Waals surface area contributed by atoms with E-state index in [2.05, 4.69) is 0 Å². The molecule has 1 N–H and O–H groups in total. The first-order chi connectivity index (χ1) is 6.31. The molecule has 2 nitrogen and oxygen atoms in total. The highest BCUT2D eigenvalue weighted by molar-refractivity contribution is 5.36. The van der Waals surface area contributed by atoms with E-state index in [1.807, 2.05) is 6.92 Å². The molecule has 0 saturated heterocycles. The van der Waals surface area contributed by atoms with Gasteiger partial charge in [0.1, 0.15) is 12.4 Å². The summed E-state index contributed by atoms with van der Waals surface area (Å²) in [5.74, 6) is 0.570. The molecule has 0 fully saturated rings. The number of hydrogen-bond acceptors (Lipinski definition) is 2. The van der Waals surface area contributed by atoms with Crippen LogP contribution in [0.25, 0.3) is 0 Å². The zero-order valence-electron chi connectivity index (χ0n) is 7.59. The molecule has 3 heteroatoms. The molecule has 0 aliphatic carbocycles. The molecule has 1 aromatic carbocycles. The number of alkyl halides is 1. The van der Waals surface area contributed by atoms with Crippen molar-refractivity contribution < 1.29 is 14.2 Å². The van der Waals surface area contributed by atoms with Crippen LogP contribution in [0, 0.1) is 0 Å². The standard InChI is InChI=1S/C10H13FO2/c1-2-13-10-5-8(6-11)3-4-9(10)7-12/h3-5,12H,2,6-7H2,1H3. The van der Waals surface area contributed by atoms with Crippen molar-refractivity contribution in [3.63, 3.8) is 0 Å². The first kappa shape index (κ1) is 9.99. The van der Waals surface area contributed by atoms with E-state index in [1.165, 1.54) is 0 Å². The van der Waals surface area contributed by atoms with Gasteiger partial charge in [-0.25, -0.2) is 4.39 Å². The highest BCUT2D eigenvalue weighted by atomic mass is 19.1. The van der Waals surface area contributed by atoms with Crippen LogP contribution in [0.1, 0.15) is 18.1 Å². The van der Waals surface area contributed by atoms with Gasteiger partial charge in [-0.2, -0.15) is 0 Å². The molecule has 1 aromatic rings. The topological polar surface area (TPSA) is 29.5 Å². The van der Waals surface area contributed by atoms with Crippen molar-refractivity contribution >= 4 is 0 Å². The van der Waals surface area contributed by atoms with E-state index in [1.54, 1.807) is 18.2 Å². The second kappa shape index (κ2) is 4.82. The minimum atomic E-state index is -0.508. The molecule has 0 atom stereocenters. The lowest BCUT2D eigenvalue weighted by Crippen LogP contribution is -1.97. The van der Waals surface area contributed by atoms with Gasteiger partial charge in [0.2, 0.25) is 0 Å². The van der Waals surface area contributed by atoms with Crippen LogP contribution in [-0.4, -0.2) is 11.7 Å². The number of hydrogen-bond donors (Lipinski definition) is 1. The largest absolute Gasteiger partial charge is 0.493 e. The summed E-state index contributed by atoms with van der Waals surface area (Å²) in [5, 5.41) is 8.93. The normalized spacial score (nSPS) is 10.1. The van der Waals surface area contributed by atoms with Gasteiger partial charge in [-0.05, 0) is 18.6 Å². The monoisotopic (exact) mass is 184 g/mol. The quantitative estimate of drug-likeness (QED) is 0.776. The van der Waals surface area contributed by atoms with Gasteiger partial charge in [-0.3, -0.25) is 0 Å². The van der Waals surface area contributed by atoms with Crippen LogP contribution < -0.4 is 4.74 Å². The Kier molecular flexibility index (Phi) is 3.71. The van der Waals surface area contributed by atoms with Crippen LogP contribution in [0.5, 0.6) is 5.75 Å². The van der Waals surface area contributed by atoms with Gasteiger partial charge < -0.3 is 9.84 Å². The number of aliphatic hydroxyl groups excluding tert-OH is 1. The minimum Gasteiger partial charge on any atom is -0.493 e. The summed E-state index contributed by atoms with van der Waals surface area (Å²) in [4.78, 5) is 0. The fraction of sp³-hybridized carbons (Fsp3) is 0.400. The van der Waals surface area contributed by atoms with Crippen molar-refractivity contribution in [2.24, 2.45) is 0 Å². The third-order valence-corrected chi connectivity index (χ3v) is 1.76. The summed E-state index contributed by atoms with van der Waals surface area (Å²) < 4.78 is 17.5. The second-order valence-corrected chi connectivity index (χ2v) is 2.67. The highest BCUT2D eigenvalue weighted by Gasteiger charge is 2.03. The molecule has 0 saturated carbocycles. The van der Waals surface area contributed by atoms with Gasteiger partial charge in [0.15, 0.2) is 0 Å². The first-order valence-corrected chi connectivity index (χ1v) is 4.23. The van der Waals surface area contributed by atoms with Crippen LogP contribution in [0.15, 0.2) is 18.2 Å². The lowest BCUT2D eigenvalue weighted by atomic mass is 10.1. The number of rotatable bonds is 4. The number of ether oxygens (including phenoxy) is 1. The van der Waals surface area contributed by atoms with E-state index in [9.17, 15) is 4.39 Å². The van der Waals surface area contributed by atoms with E-state index < -0.39 is 6.67 Å². The predicted octanol–water partition coefficient (Wildman–Crippen LogP) is 2.05. The fourth-order valence-electron chi connectivity index (χ4n) is 1.10. The Bertz CT molecular complexity index is 274. The van der Waals surface area contributed by atoms with Crippen molar-refractivity contribution in [2.45, 2.75) is 20.2 Å². The maximum absolute atomic E-state index is 12.3. The Labute approximate surface area is 77.0 Å². The van der Waals surface area contributed by atoms with Gasteiger partial charge in [0, 0.05) is 5.56 Å². The third kappa shape index (κ3) is 2.42. The van der Waals surface area contributed by atoms with Crippen molar-refractivity contribution in [3.8, 4) is 5.75 Å². The van der Waals surface area contributed by atoms with Crippen LogP contribution in [0.4, 0.5) is 4.39 Å². The molecular formula is C10H13FO2. The Morgan fingerprint density at radius 2 is 2.23 bits per heavy atom. The van der Waals surface area contributed by atoms with Crippen molar-refractivity contribution in [1.82, 2.24) is 0 Å². The lowest BCUT2D eigenvalue weighted by Gasteiger charge is -2.08. The van der Waals surface area contributed by atoms with Gasteiger partial charge >= 0.3 is 0 Å². The molecule has 0 heterocycles. The molecule has 0 aliphatic rings. The number of halogens is 1. The number of aliphatic hydroxyl groups is 1. The molecule has 1 rings (SSSR count). The van der Waals surface area contributed by atoms with Crippen molar-refractivity contribution in [3.05, 3.63) is 29.3 Å². The minimum absolute atomic E-state index is 0.0814. The summed E-state index contributed by atoms with van der Waals surface area (Å²) in [6.07, 6.45) is 0. The average molecular weight is 184 g/mol. The van der Waals surface area contributed by atoms with E-state index in [0.717, 1.165) is 0 Å². The molecule has 0 aliphatic heterocycles. The molecule has 0 bridgehead atoms. The third-order valence-electron chi connectivity index (χ3n) is 1.76. The zero-order valence-corrected chi connectivity index (χ0v) is 7.59. The molecule has 0 amide bonds. The summed E-state index contributed by atoms with van der Waals surface area (Å²) in [5.41, 5.74) is 1.26. The first-order valence-electron chi connectivity index (χ1n) is 4.23. The van der Waals surface area contributed by atoms with Gasteiger partial charge in [-0.1, -0.05) is 12.1 Å². The Morgan fingerprint density at radius 3 is 2.77 bits per heavy atom. The summed E-state index contributed by atoms with van der Waals surface area (Å²) in [6, 6.07) is 4.95. The van der Waals surface area contributed by atoms with Gasteiger partial charge in [0.25, 0.3) is 0 Å². The smallest absolute Gasteiger partial charge is 0.125 e. The summed E-state index contributed by atoms with van der Waals surface area (Å²) in [7, 11) is 0. The highest BCUT2D eigenvalue weighted by Crippen LogP contribution is 2.21. The maximum atomic E-state index is 12.3. The van der Waals surface area contributed by atoms with Crippen LogP contribution in [0.3, 0.4) is 0 Å². The van der Waals surface area contributed by atoms with E-state index >= 15 is 0 Å². The Balaban J connectivity index is 2.95. The van der Waals surface area contributed by atoms with Crippen molar-refractivity contribution in [1.29, 1.82) is 0 Å². The Hall–Kier alpha value is -1.09. The Morgan fingerprint density at radius 1 is 1.46 bits per heavy atom. The lowest BCUT2D eigenvalue weighted by molar-refractivity contribution is 0.266. The average Bonchev–Trinajstić information content (AvgIpc) is 2.18. The van der Waals surface area contributed by atoms with Crippen molar-refractivity contribution in [2.75, 3.05) is 6.61 Å². The SMILES string of the molecule is CCOc1cc(CF)ccc1CO. The number of benzene rings is 1. The molecule has 0 spiro atoms. The molecule has 72 valence electrons. The molecular weight excluding hydrogens is 171 g/mol. The van der Waals surface area contributed by atoms with Gasteiger partial charge in [-0.15, -0.1) is 0 Å². The molecule has 0 aromatic heterocycles. The van der Waals surface area contributed by atoms with E-state index in [0.29, 0.717) is 23.5 Å². The van der Waals surface area contributed by atoms with Crippen LogP contribution >= 0.6 is 0 Å². The van der Waals surface area contributed by atoms with Crippen LogP contribution in [-0.2, 0) is 13.3 Å². The van der Waals surface area contributed by atoms with E-state index in [4.69, 9.17) is 9.84 Å². The van der Waals surface area contributed by atoms with E-state index in [-0.39, 0.29) is 6.61 Å². The fourth-order valence-corrected chi connectivity index (χ4v) is 1.10. The van der Waals surface area contributed by atoms with Crippen LogP contribution in [0.2, 0.25) is 0 Å². The molecule has 0 radical (unpaired) electrons. The second-order valence-electron chi connectivity index (χ2n) is 2.67. The molecule has 13 heavy (non-hydrogen) atoms. The maximum Gasteiger partial charge on any atom is 0.125 e. The summed E-state index contributed by atoms with van der Waals surface area (Å²) >= 11 is 0. The zero-order chi connectivity index (χ0) is 9.68. The van der Waals surface area contributed by atoms with Gasteiger partial charge in [0.05, 0.1) is 13.2 Å². The summed E-state index contributed by atoms with van der Waals surface area (Å²) in [6.45, 7) is 1.78. The predicted molar refractivity (Wildman–Crippen MR) is 48.3 cm³/mol. The molecule has 0 unspecified atom stereocenters.